The summed E-state index contributed by atoms with van der Waals surface area (Å²) in [6.45, 7) is 8.53. The van der Waals surface area contributed by atoms with E-state index >= 15 is 0 Å². The summed E-state index contributed by atoms with van der Waals surface area (Å²) in [7, 11) is 0. The lowest BCUT2D eigenvalue weighted by Crippen LogP contribution is -2.28. The SMILES string of the molecule is Cc1cccc(C(=O)NCCC(C)(C)C)c1F. The first-order valence-corrected chi connectivity index (χ1v) is 5.84. The second-order valence-corrected chi connectivity index (χ2v) is 5.50. The third kappa shape index (κ3) is 4.17. The van der Waals surface area contributed by atoms with Gasteiger partial charge in [0.15, 0.2) is 0 Å². The van der Waals surface area contributed by atoms with Gasteiger partial charge in [-0.2, -0.15) is 0 Å². The maximum absolute atomic E-state index is 13.7. The van der Waals surface area contributed by atoms with Crippen molar-refractivity contribution in [2.45, 2.75) is 34.1 Å². The van der Waals surface area contributed by atoms with Gasteiger partial charge in [0, 0.05) is 6.54 Å². The number of benzene rings is 1. The zero-order chi connectivity index (χ0) is 13.1. The lowest BCUT2D eigenvalue weighted by Gasteiger charge is -2.18. The van der Waals surface area contributed by atoms with Crippen LogP contribution in [-0.4, -0.2) is 12.5 Å². The second-order valence-electron chi connectivity index (χ2n) is 5.50. The summed E-state index contributed by atoms with van der Waals surface area (Å²) in [4.78, 5) is 11.8. The monoisotopic (exact) mass is 237 g/mol. The minimum absolute atomic E-state index is 0.124. The number of amides is 1. The van der Waals surface area contributed by atoms with E-state index in [0.29, 0.717) is 12.1 Å². The predicted octanol–water partition coefficient (Wildman–Crippen LogP) is 3.30. The Hall–Kier alpha value is -1.38. The van der Waals surface area contributed by atoms with E-state index in [2.05, 4.69) is 26.1 Å². The number of halogens is 1. The molecule has 0 saturated carbocycles. The van der Waals surface area contributed by atoms with Crippen LogP contribution in [0.25, 0.3) is 0 Å². The molecular weight excluding hydrogens is 217 g/mol. The highest BCUT2D eigenvalue weighted by molar-refractivity contribution is 5.94. The van der Waals surface area contributed by atoms with Crippen LogP contribution >= 0.6 is 0 Å². The molecule has 94 valence electrons. The summed E-state index contributed by atoms with van der Waals surface area (Å²) < 4.78 is 13.7. The fourth-order valence-electron chi connectivity index (χ4n) is 1.47. The molecule has 0 fully saturated rings. The van der Waals surface area contributed by atoms with Gasteiger partial charge in [0.25, 0.3) is 5.91 Å². The molecule has 0 heterocycles. The van der Waals surface area contributed by atoms with E-state index in [1.165, 1.54) is 6.07 Å². The molecule has 1 amide bonds. The Bertz CT molecular complexity index is 407. The van der Waals surface area contributed by atoms with E-state index in [1.807, 2.05) is 0 Å². The number of aryl methyl sites for hydroxylation is 1. The minimum Gasteiger partial charge on any atom is -0.352 e. The molecule has 0 radical (unpaired) electrons. The molecule has 0 saturated heterocycles. The third-order valence-corrected chi connectivity index (χ3v) is 2.60. The van der Waals surface area contributed by atoms with Gasteiger partial charge in [0.1, 0.15) is 5.82 Å². The van der Waals surface area contributed by atoms with E-state index in [1.54, 1.807) is 19.1 Å². The fourth-order valence-corrected chi connectivity index (χ4v) is 1.47. The minimum atomic E-state index is -0.430. The molecule has 2 nitrogen and oxygen atoms in total. The van der Waals surface area contributed by atoms with Gasteiger partial charge in [-0.15, -0.1) is 0 Å². The predicted molar refractivity (Wildman–Crippen MR) is 67.5 cm³/mol. The van der Waals surface area contributed by atoms with Gasteiger partial charge in [-0.3, -0.25) is 4.79 Å². The Morgan fingerprint density at radius 1 is 1.35 bits per heavy atom. The van der Waals surface area contributed by atoms with Crippen molar-refractivity contribution in [3.8, 4) is 0 Å². The number of carbonyl (C=O) groups is 1. The molecule has 1 rings (SSSR count). The Morgan fingerprint density at radius 2 is 2.00 bits per heavy atom. The van der Waals surface area contributed by atoms with Crippen molar-refractivity contribution in [2.24, 2.45) is 5.41 Å². The second kappa shape index (κ2) is 5.30. The largest absolute Gasteiger partial charge is 0.352 e. The zero-order valence-electron chi connectivity index (χ0n) is 10.9. The first kappa shape index (κ1) is 13.7. The van der Waals surface area contributed by atoms with Crippen molar-refractivity contribution in [3.05, 3.63) is 35.1 Å². The van der Waals surface area contributed by atoms with E-state index in [-0.39, 0.29) is 16.9 Å². The Kier molecular flexibility index (Phi) is 4.27. The molecule has 0 unspecified atom stereocenters. The van der Waals surface area contributed by atoms with Crippen LogP contribution in [0.15, 0.2) is 18.2 Å². The quantitative estimate of drug-likeness (QED) is 0.858. The highest BCUT2D eigenvalue weighted by Crippen LogP contribution is 2.17. The summed E-state index contributed by atoms with van der Waals surface area (Å²) in [5.41, 5.74) is 0.783. The van der Waals surface area contributed by atoms with Gasteiger partial charge in [0.2, 0.25) is 0 Å². The first-order valence-electron chi connectivity index (χ1n) is 5.84. The van der Waals surface area contributed by atoms with Crippen LogP contribution in [0.5, 0.6) is 0 Å². The van der Waals surface area contributed by atoms with Crippen molar-refractivity contribution in [1.29, 1.82) is 0 Å². The lowest BCUT2D eigenvalue weighted by molar-refractivity contribution is 0.0945. The Morgan fingerprint density at radius 3 is 2.59 bits per heavy atom. The average Bonchev–Trinajstić information content (AvgIpc) is 2.20. The van der Waals surface area contributed by atoms with Gasteiger partial charge in [-0.1, -0.05) is 32.9 Å². The molecule has 0 bridgehead atoms. The molecule has 0 aromatic heterocycles. The van der Waals surface area contributed by atoms with Crippen LogP contribution in [0.4, 0.5) is 4.39 Å². The molecule has 0 atom stereocenters. The molecular formula is C14H20FNO. The third-order valence-electron chi connectivity index (χ3n) is 2.60. The molecule has 1 aromatic rings. The first-order chi connectivity index (χ1) is 7.81. The maximum Gasteiger partial charge on any atom is 0.254 e. The summed E-state index contributed by atoms with van der Waals surface area (Å²) >= 11 is 0. The standard InChI is InChI=1S/C14H20FNO/c1-10-6-5-7-11(12(10)15)13(17)16-9-8-14(2,3)4/h5-7H,8-9H2,1-4H3,(H,16,17). The number of hydrogen-bond acceptors (Lipinski definition) is 1. The average molecular weight is 237 g/mol. The molecule has 0 aliphatic carbocycles. The number of rotatable bonds is 3. The summed E-state index contributed by atoms with van der Waals surface area (Å²) in [6, 6.07) is 4.85. The van der Waals surface area contributed by atoms with Crippen LogP contribution in [0.2, 0.25) is 0 Å². The highest BCUT2D eigenvalue weighted by atomic mass is 19.1. The molecule has 0 aliphatic rings. The van der Waals surface area contributed by atoms with Crippen LogP contribution in [0, 0.1) is 18.2 Å². The molecule has 17 heavy (non-hydrogen) atoms. The molecule has 1 N–H and O–H groups in total. The van der Waals surface area contributed by atoms with E-state index in [0.717, 1.165) is 6.42 Å². The number of carbonyl (C=O) groups excluding carboxylic acids is 1. The smallest absolute Gasteiger partial charge is 0.254 e. The zero-order valence-corrected chi connectivity index (χ0v) is 10.9. The molecule has 1 aromatic carbocycles. The van der Waals surface area contributed by atoms with Crippen molar-refractivity contribution in [1.82, 2.24) is 5.32 Å². The summed E-state index contributed by atoms with van der Waals surface area (Å²) in [5.74, 6) is -0.767. The van der Waals surface area contributed by atoms with Gasteiger partial charge >= 0.3 is 0 Å². The summed E-state index contributed by atoms with van der Waals surface area (Å²) in [6.07, 6.45) is 0.867. The van der Waals surface area contributed by atoms with Crippen molar-refractivity contribution in [3.63, 3.8) is 0 Å². The normalized spacial score (nSPS) is 11.4. The van der Waals surface area contributed by atoms with Gasteiger partial charge < -0.3 is 5.32 Å². The number of hydrogen-bond donors (Lipinski definition) is 1. The van der Waals surface area contributed by atoms with Gasteiger partial charge in [0.05, 0.1) is 5.56 Å². The van der Waals surface area contributed by atoms with E-state index in [9.17, 15) is 9.18 Å². The number of nitrogens with one attached hydrogen (secondary N) is 1. The van der Waals surface area contributed by atoms with Crippen molar-refractivity contribution >= 4 is 5.91 Å². The van der Waals surface area contributed by atoms with Gasteiger partial charge in [-0.05, 0) is 30.4 Å². The Labute approximate surface area is 102 Å². The lowest BCUT2D eigenvalue weighted by atomic mass is 9.92. The molecule has 3 heteroatoms. The van der Waals surface area contributed by atoms with Crippen LogP contribution in [0.1, 0.15) is 43.1 Å². The molecule has 0 spiro atoms. The maximum atomic E-state index is 13.7. The van der Waals surface area contributed by atoms with Gasteiger partial charge in [-0.25, -0.2) is 4.39 Å². The topological polar surface area (TPSA) is 29.1 Å². The summed E-state index contributed by atoms with van der Waals surface area (Å²) in [5, 5.41) is 2.74. The van der Waals surface area contributed by atoms with Crippen LogP contribution < -0.4 is 5.32 Å². The van der Waals surface area contributed by atoms with E-state index in [4.69, 9.17) is 0 Å². The van der Waals surface area contributed by atoms with Crippen molar-refractivity contribution in [2.75, 3.05) is 6.54 Å². The van der Waals surface area contributed by atoms with Crippen LogP contribution in [-0.2, 0) is 0 Å². The highest BCUT2D eigenvalue weighted by Gasteiger charge is 2.14. The Balaban J connectivity index is 2.62. The van der Waals surface area contributed by atoms with E-state index < -0.39 is 5.82 Å². The van der Waals surface area contributed by atoms with Crippen LogP contribution in [0.3, 0.4) is 0 Å². The van der Waals surface area contributed by atoms with Crippen molar-refractivity contribution < 1.29 is 9.18 Å². The molecule has 0 aliphatic heterocycles. The fraction of sp³-hybridized carbons (Fsp3) is 0.500.